The molecule has 0 spiro atoms. The van der Waals surface area contributed by atoms with Gasteiger partial charge in [0.15, 0.2) is 0 Å². The van der Waals surface area contributed by atoms with Crippen LogP contribution in [-0.4, -0.2) is 12.6 Å². The van der Waals surface area contributed by atoms with E-state index in [1.165, 1.54) is 57.9 Å². The largest absolute Gasteiger partial charge is 0.314 e. The van der Waals surface area contributed by atoms with Crippen LogP contribution >= 0.6 is 0 Å². The molecule has 0 aromatic carbocycles. The topological polar surface area (TPSA) is 12.0 Å². The molecular weight excluding hydrogens is 206 g/mol. The maximum absolute atomic E-state index is 3.87. The number of fused-ring (bicyclic) bond motifs is 2. The van der Waals surface area contributed by atoms with E-state index < -0.39 is 0 Å². The van der Waals surface area contributed by atoms with Crippen LogP contribution in [0.3, 0.4) is 0 Å². The van der Waals surface area contributed by atoms with E-state index in [4.69, 9.17) is 0 Å². The normalized spacial score (nSPS) is 45.4. The molecule has 0 amide bonds. The molecule has 0 radical (unpaired) electrons. The van der Waals surface area contributed by atoms with Gasteiger partial charge in [0.1, 0.15) is 0 Å². The van der Waals surface area contributed by atoms with Crippen molar-refractivity contribution in [3.8, 4) is 0 Å². The summed E-state index contributed by atoms with van der Waals surface area (Å²) in [6.45, 7) is 3.72. The predicted octanol–water partition coefficient (Wildman–Crippen LogP) is 3.98. The van der Waals surface area contributed by atoms with Gasteiger partial charge in [0, 0.05) is 6.04 Å². The third-order valence-corrected chi connectivity index (χ3v) is 5.83. The van der Waals surface area contributed by atoms with Gasteiger partial charge >= 0.3 is 0 Å². The first-order valence-electron chi connectivity index (χ1n) is 8.04. The Morgan fingerprint density at radius 2 is 1.76 bits per heavy atom. The van der Waals surface area contributed by atoms with Gasteiger partial charge in [0.05, 0.1) is 0 Å². The molecule has 3 fully saturated rings. The minimum atomic E-state index is 0.899. The van der Waals surface area contributed by atoms with Crippen molar-refractivity contribution in [2.24, 2.45) is 23.7 Å². The van der Waals surface area contributed by atoms with Crippen LogP contribution in [0.4, 0.5) is 0 Å². The minimum Gasteiger partial charge on any atom is -0.314 e. The van der Waals surface area contributed by atoms with Crippen molar-refractivity contribution in [1.82, 2.24) is 5.32 Å². The SMILES string of the molecule is CC1CCC(CCNC2CC3CCC2C3)CC1. The van der Waals surface area contributed by atoms with E-state index in [9.17, 15) is 0 Å². The molecule has 3 unspecified atom stereocenters. The highest BCUT2D eigenvalue weighted by Gasteiger charge is 2.38. The maximum atomic E-state index is 3.87. The van der Waals surface area contributed by atoms with E-state index in [0.717, 1.165) is 29.7 Å². The summed E-state index contributed by atoms with van der Waals surface area (Å²) in [6, 6.07) is 0.899. The second kappa shape index (κ2) is 5.30. The van der Waals surface area contributed by atoms with Crippen LogP contribution < -0.4 is 5.32 Å². The Morgan fingerprint density at radius 1 is 0.941 bits per heavy atom. The van der Waals surface area contributed by atoms with Crippen LogP contribution in [0.2, 0.25) is 0 Å². The van der Waals surface area contributed by atoms with Crippen LogP contribution in [0.25, 0.3) is 0 Å². The molecule has 0 heterocycles. The third-order valence-electron chi connectivity index (χ3n) is 5.83. The van der Waals surface area contributed by atoms with Gasteiger partial charge < -0.3 is 5.32 Å². The lowest BCUT2D eigenvalue weighted by Gasteiger charge is -2.28. The molecule has 1 heteroatoms. The molecule has 0 aliphatic heterocycles. The Balaban J connectivity index is 1.33. The zero-order valence-corrected chi connectivity index (χ0v) is 11.5. The molecule has 98 valence electrons. The van der Waals surface area contributed by atoms with E-state index in [2.05, 4.69) is 12.2 Å². The van der Waals surface area contributed by atoms with Gasteiger partial charge in [-0.25, -0.2) is 0 Å². The summed E-state index contributed by atoms with van der Waals surface area (Å²) in [6.07, 6.45) is 13.5. The van der Waals surface area contributed by atoms with Crippen molar-refractivity contribution >= 4 is 0 Å². The molecule has 1 nitrogen and oxygen atoms in total. The molecule has 17 heavy (non-hydrogen) atoms. The quantitative estimate of drug-likeness (QED) is 0.777. The second-order valence-corrected chi connectivity index (χ2v) is 7.15. The summed E-state index contributed by atoms with van der Waals surface area (Å²) >= 11 is 0. The lowest BCUT2D eigenvalue weighted by atomic mass is 9.81. The summed E-state index contributed by atoms with van der Waals surface area (Å²) < 4.78 is 0. The molecule has 0 aromatic heterocycles. The molecule has 1 N–H and O–H groups in total. The molecule has 3 aliphatic rings. The predicted molar refractivity (Wildman–Crippen MR) is 73.0 cm³/mol. The summed E-state index contributed by atoms with van der Waals surface area (Å²) in [7, 11) is 0. The van der Waals surface area contributed by atoms with Gasteiger partial charge in [-0.05, 0) is 55.9 Å². The minimum absolute atomic E-state index is 0.899. The molecular formula is C16H29N. The fourth-order valence-corrected chi connectivity index (χ4v) is 4.59. The maximum Gasteiger partial charge on any atom is 0.00980 e. The number of hydrogen-bond donors (Lipinski definition) is 1. The summed E-state index contributed by atoms with van der Waals surface area (Å²) in [5.74, 6) is 4.18. The van der Waals surface area contributed by atoms with Crippen molar-refractivity contribution in [1.29, 1.82) is 0 Å². The molecule has 0 saturated heterocycles. The van der Waals surface area contributed by atoms with E-state index in [1.807, 2.05) is 0 Å². The van der Waals surface area contributed by atoms with Crippen molar-refractivity contribution < 1.29 is 0 Å². The van der Waals surface area contributed by atoms with Gasteiger partial charge in [-0.1, -0.05) is 39.0 Å². The molecule has 0 aromatic rings. The highest BCUT2D eigenvalue weighted by atomic mass is 14.9. The first-order valence-corrected chi connectivity index (χ1v) is 8.04. The van der Waals surface area contributed by atoms with Gasteiger partial charge in [-0.3, -0.25) is 0 Å². The van der Waals surface area contributed by atoms with Crippen molar-refractivity contribution in [2.75, 3.05) is 6.54 Å². The molecule has 2 bridgehead atoms. The average molecular weight is 235 g/mol. The van der Waals surface area contributed by atoms with Gasteiger partial charge in [-0.15, -0.1) is 0 Å². The van der Waals surface area contributed by atoms with Gasteiger partial charge in [-0.2, -0.15) is 0 Å². The van der Waals surface area contributed by atoms with Crippen LogP contribution in [0.15, 0.2) is 0 Å². The molecule has 3 atom stereocenters. The molecule has 3 rings (SSSR count). The first kappa shape index (κ1) is 12.0. The van der Waals surface area contributed by atoms with Crippen molar-refractivity contribution in [3.05, 3.63) is 0 Å². The smallest absolute Gasteiger partial charge is 0.00980 e. The van der Waals surface area contributed by atoms with Gasteiger partial charge in [0.25, 0.3) is 0 Å². The second-order valence-electron chi connectivity index (χ2n) is 7.15. The Hall–Kier alpha value is -0.0400. The average Bonchev–Trinajstić information content (AvgIpc) is 2.94. The molecule has 3 saturated carbocycles. The highest BCUT2D eigenvalue weighted by molar-refractivity contribution is 4.94. The lowest BCUT2D eigenvalue weighted by molar-refractivity contribution is 0.265. The van der Waals surface area contributed by atoms with Crippen LogP contribution in [-0.2, 0) is 0 Å². The zero-order chi connectivity index (χ0) is 11.7. The Kier molecular flexibility index (Phi) is 3.75. The summed E-state index contributed by atoms with van der Waals surface area (Å²) in [4.78, 5) is 0. The van der Waals surface area contributed by atoms with Crippen LogP contribution in [0.5, 0.6) is 0 Å². The van der Waals surface area contributed by atoms with Crippen LogP contribution in [0.1, 0.15) is 64.7 Å². The fraction of sp³-hybridized carbons (Fsp3) is 1.00. The Morgan fingerprint density at radius 3 is 2.41 bits per heavy atom. The fourth-order valence-electron chi connectivity index (χ4n) is 4.59. The summed E-state index contributed by atoms with van der Waals surface area (Å²) in [5, 5.41) is 3.87. The first-order chi connectivity index (χ1) is 8.31. The lowest BCUT2D eigenvalue weighted by Crippen LogP contribution is -2.35. The van der Waals surface area contributed by atoms with E-state index >= 15 is 0 Å². The van der Waals surface area contributed by atoms with E-state index in [1.54, 1.807) is 6.42 Å². The molecule has 3 aliphatic carbocycles. The van der Waals surface area contributed by atoms with Crippen molar-refractivity contribution in [3.63, 3.8) is 0 Å². The zero-order valence-electron chi connectivity index (χ0n) is 11.5. The Labute approximate surface area is 107 Å². The van der Waals surface area contributed by atoms with Crippen LogP contribution in [0, 0.1) is 23.7 Å². The third kappa shape index (κ3) is 2.86. The van der Waals surface area contributed by atoms with Crippen molar-refractivity contribution in [2.45, 2.75) is 70.8 Å². The number of nitrogens with one attached hydrogen (secondary N) is 1. The monoisotopic (exact) mass is 235 g/mol. The number of hydrogen-bond acceptors (Lipinski definition) is 1. The van der Waals surface area contributed by atoms with E-state index in [0.29, 0.717) is 0 Å². The van der Waals surface area contributed by atoms with E-state index in [-0.39, 0.29) is 0 Å². The Bertz CT molecular complexity index is 242. The van der Waals surface area contributed by atoms with Gasteiger partial charge in [0.2, 0.25) is 0 Å². The standard InChI is InChI=1S/C16H29N/c1-12-2-4-13(5-3-12)8-9-17-16-11-14-6-7-15(16)10-14/h12-17H,2-11H2,1H3. The highest BCUT2D eigenvalue weighted by Crippen LogP contribution is 2.44. The number of rotatable bonds is 4. The summed E-state index contributed by atoms with van der Waals surface area (Å²) in [5.41, 5.74) is 0.